The van der Waals surface area contributed by atoms with E-state index in [9.17, 15) is 9.90 Å². The molecule has 7 heteroatoms. The number of carbonyl (C=O) groups excluding carboxylic acids is 1. The van der Waals surface area contributed by atoms with Crippen LogP contribution in [0.1, 0.15) is 22.8 Å². The number of hydrogen-bond donors (Lipinski definition) is 2. The molecule has 2 aromatic rings. The Morgan fingerprint density at radius 1 is 1.28 bits per heavy atom. The van der Waals surface area contributed by atoms with Crippen molar-refractivity contribution in [2.45, 2.75) is 12.5 Å². The van der Waals surface area contributed by atoms with Gasteiger partial charge in [0.2, 0.25) is 6.79 Å². The van der Waals surface area contributed by atoms with Gasteiger partial charge in [0.15, 0.2) is 11.5 Å². The fraction of sp³-hybridized carbons (Fsp3) is 0.278. The van der Waals surface area contributed by atoms with Crippen LogP contribution in [0.2, 0.25) is 5.02 Å². The summed E-state index contributed by atoms with van der Waals surface area (Å²) in [7, 11) is 1.47. The van der Waals surface area contributed by atoms with Crippen LogP contribution >= 0.6 is 11.6 Å². The lowest BCUT2D eigenvalue weighted by Crippen LogP contribution is -2.38. The monoisotopic (exact) mass is 363 g/mol. The van der Waals surface area contributed by atoms with Crippen LogP contribution in [0.5, 0.6) is 17.2 Å². The zero-order valence-corrected chi connectivity index (χ0v) is 14.6. The molecule has 0 saturated heterocycles. The third kappa shape index (κ3) is 3.65. The largest absolute Gasteiger partial charge is 0.496 e. The highest BCUT2D eigenvalue weighted by Gasteiger charge is 2.27. The molecular formula is C18H18ClNO5. The van der Waals surface area contributed by atoms with E-state index in [4.69, 9.17) is 25.8 Å². The number of carbonyl (C=O) groups is 1. The van der Waals surface area contributed by atoms with Crippen LogP contribution in [0.15, 0.2) is 36.4 Å². The van der Waals surface area contributed by atoms with E-state index in [2.05, 4.69) is 5.32 Å². The second kappa shape index (κ2) is 6.82. The average Bonchev–Trinajstić information content (AvgIpc) is 3.07. The molecule has 1 heterocycles. The highest BCUT2D eigenvalue weighted by molar-refractivity contribution is 6.31. The van der Waals surface area contributed by atoms with E-state index >= 15 is 0 Å². The van der Waals surface area contributed by atoms with Crippen molar-refractivity contribution in [3.63, 3.8) is 0 Å². The minimum Gasteiger partial charge on any atom is -0.496 e. The minimum absolute atomic E-state index is 0.00114. The summed E-state index contributed by atoms with van der Waals surface area (Å²) in [6.45, 7) is 1.77. The summed E-state index contributed by atoms with van der Waals surface area (Å²) in [5.74, 6) is 1.22. The maximum Gasteiger partial charge on any atom is 0.255 e. The fourth-order valence-corrected chi connectivity index (χ4v) is 2.71. The van der Waals surface area contributed by atoms with E-state index in [0.717, 1.165) is 0 Å². The molecule has 0 bridgehead atoms. The van der Waals surface area contributed by atoms with E-state index in [1.807, 2.05) is 0 Å². The molecule has 3 rings (SSSR count). The molecule has 2 N–H and O–H groups in total. The summed E-state index contributed by atoms with van der Waals surface area (Å²) in [6, 6.07) is 9.94. The first kappa shape index (κ1) is 17.4. The Labute approximate surface area is 150 Å². The van der Waals surface area contributed by atoms with Gasteiger partial charge in [-0.15, -0.1) is 0 Å². The van der Waals surface area contributed by atoms with Crippen LogP contribution < -0.4 is 19.5 Å². The van der Waals surface area contributed by atoms with Crippen LogP contribution in [0.3, 0.4) is 0 Å². The topological polar surface area (TPSA) is 77.0 Å². The van der Waals surface area contributed by atoms with Gasteiger partial charge in [-0.05, 0) is 42.8 Å². The first-order chi connectivity index (χ1) is 11.9. The van der Waals surface area contributed by atoms with Gasteiger partial charge in [0.25, 0.3) is 5.91 Å². The predicted molar refractivity (Wildman–Crippen MR) is 92.5 cm³/mol. The van der Waals surface area contributed by atoms with E-state index in [1.165, 1.54) is 13.2 Å². The number of amides is 1. The molecule has 1 atom stereocenters. The Morgan fingerprint density at radius 2 is 2.04 bits per heavy atom. The molecule has 1 aliphatic heterocycles. The molecule has 2 aromatic carbocycles. The number of hydrogen-bond acceptors (Lipinski definition) is 5. The van der Waals surface area contributed by atoms with Crippen LogP contribution in [-0.4, -0.2) is 31.5 Å². The van der Waals surface area contributed by atoms with Crippen molar-refractivity contribution in [3.8, 4) is 17.2 Å². The van der Waals surface area contributed by atoms with Crippen LogP contribution in [0.4, 0.5) is 0 Å². The van der Waals surface area contributed by atoms with Crippen LogP contribution in [-0.2, 0) is 5.60 Å². The van der Waals surface area contributed by atoms with Crippen molar-refractivity contribution in [1.29, 1.82) is 0 Å². The molecule has 0 aromatic heterocycles. The number of methoxy groups -OCH3 is 1. The summed E-state index contributed by atoms with van der Waals surface area (Å²) < 4.78 is 15.8. The van der Waals surface area contributed by atoms with E-state index in [-0.39, 0.29) is 19.2 Å². The zero-order chi connectivity index (χ0) is 18.0. The highest BCUT2D eigenvalue weighted by atomic mass is 35.5. The summed E-state index contributed by atoms with van der Waals surface area (Å²) in [5.41, 5.74) is -0.380. The Kier molecular flexibility index (Phi) is 4.74. The number of ether oxygens (including phenoxy) is 3. The van der Waals surface area contributed by atoms with Crippen molar-refractivity contribution in [1.82, 2.24) is 5.32 Å². The smallest absolute Gasteiger partial charge is 0.255 e. The van der Waals surface area contributed by atoms with Crippen molar-refractivity contribution in [2.75, 3.05) is 20.4 Å². The Bertz CT molecular complexity index is 806. The van der Waals surface area contributed by atoms with E-state index < -0.39 is 5.60 Å². The fourth-order valence-electron chi connectivity index (χ4n) is 2.54. The number of fused-ring (bicyclic) bond motifs is 1. The van der Waals surface area contributed by atoms with Gasteiger partial charge in [-0.1, -0.05) is 17.7 Å². The lowest BCUT2D eigenvalue weighted by molar-refractivity contribution is 0.0524. The van der Waals surface area contributed by atoms with Crippen molar-refractivity contribution in [2.24, 2.45) is 0 Å². The molecular weight excluding hydrogens is 346 g/mol. The first-order valence-corrected chi connectivity index (χ1v) is 8.03. The Hall–Kier alpha value is -2.44. The van der Waals surface area contributed by atoms with Crippen LogP contribution in [0, 0.1) is 0 Å². The third-order valence-electron chi connectivity index (χ3n) is 3.99. The van der Waals surface area contributed by atoms with E-state index in [0.29, 0.717) is 33.4 Å². The molecule has 0 aliphatic carbocycles. The lowest BCUT2D eigenvalue weighted by atomic mass is 9.95. The van der Waals surface area contributed by atoms with Crippen molar-refractivity contribution >= 4 is 17.5 Å². The average molecular weight is 364 g/mol. The standard InChI is InChI=1S/C18H18ClNO5/c1-18(22,11-3-5-15-16(7-11)25-10-24-15)9-20-17(21)13-8-12(19)4-6-14(13)23-2/h3-8,22H,9-10H2,1-2H3,(H,20,21)/t18-/m0/s1. The number of aliphatic hydroxyl groups is 1. The molecule has 0 spiro atoms. The van der Waals surface area contributed by atoms with Crippen molar-refractivity contribution < 1.29 is 24.1 Å². The maximum atomic E-state index is 12.4. The SMILES string of the molecule is COc1ccc(Cl)cc1C(=O)NC[C@](C)(O)c1ccc2c(c1)OCO2. The lowest BCUT2D eigenvalue weighted by Gasteiger charge is -2.24. The van der Waals surface area contributed by atoms with Gasteiger partial charge in [-0.25, -0.2) is 0 Å². The second-order valence-electron chi connectivity index (χ2n) is 5.87. The molecule has 6 nitrogen and oxygen atoms in total. The summed E-state index contributed by atoms with van der Waals surface area (Å²) in [6.07, 6.45) is 0. The van der Waals surface area contributed by atoms with Crippen molar-refractivity contribution in [3.05, 3.63) is 52.5 Å². The van der Waals surface area contributed by atoms with E-state index in [1.54, 1.807) is 37.3 Å². The summed E-state index contributed by atoms with van der Waals surface area (Å²) in [5, 5.41) is 13.9. The third-order valence-corrected chi connectivity index (χ3v) is 4.23. The number of halogens is 1. The Morgan fingerprint density at radius 3 is 2.80 bits per heavy atom. The predicted octanol–water partition coefficient (Wildman–Crippen LogP) is 2.71. The van der Waals surface area contributed by atoms with Gasteiger partial charge < -0.3 is 24.6 Å². The molecule has 0 fully saturated rings. The zero-order valence-electron chi connectivity index (χ0n) is 13.8. The van der Waals surface area contributed by atoms with Crippen LogP contribution in [0.25, 0.3) is 0 Å². The van der Waals surface area contributed by atoms with Gasteiger partial charge >= 0.3 is 0 Å². The maximum absolute atomic E-state index is 12.4. The molecule has 0 unspecified atom stereocenters. The number of rotatable bonds is 5. The normalized spacial score (nSPS) is 14.7. The van der Waals surface area contributed by atoms with Gasteiger partial charge in [0.05, 0.1) is 19.2 Å². The highest BCUT2D eigenvalue weighted by Crippen LogP contribution is 2.35. The molecule has 1 amide bonds. The summed E-state index contributed by atoms with van der Waals surface area (Å²) in [4.78, 5) is 12.4. The molecule has 1 aliphatic rings. The number of benzene rings is 2. The summed E-state index contributed by atoms with van der Waals surface area (Å²) >= 11 is 5.95. The quantitative estimate of drug-likeness (QED) is 0.854. The molecule has 25 heavy (non-hydrogen) atoms. The van der Waals surface area contributed by atoms with Gasteiger partial charge in [0, 0.05) is 5.02 Å². The second-order valence-corrected chi connectivity index (χ2v) is 6.31. The van der Waals surface area contributed by atoms with Gasteiger partial charge in [0.1, 0.15) is 11.4 Å². The molecule has 132 valence electrons. The Balaban J connectivity index is 1.74. The van der Waals surface area contributed by atoms with Gasteiger partial charge in [-0.3, -0.25) is 4.79 Å². The first-order valence-electron chi connectivity index (χ1n) is 7.65. The number of nitrogens with one attached hydrogen (secondary N) is 1. The minimum atomic E-state index is -1.29. The molecule has 0 radical (unpaired) electrons. The molecule has 0 saturated carbocycles. The van der Waals surface area contributed by atoms with Gasteiger partial charge in [-0.2, -0.15) is 0 Å².